The molecule has 0 aliphatic rings. The number of carbonyl (C=O) groups is 1. The molecule has 6 heteroatoms. The molecule has 0 saturated carbocycles. The van der Waals surface area contributed by atoms with Crippen LogP contribution < -0.4 is 10.1 Å². The van der Waals surface area contributed by atoms with E-state index < -0.39 is 5.97 Å². The molecule has 0 radical (unpaired) electrons. The van der Waals surface area contributed by atoms with E-state index in [2.05, 4.69) is 15.5 Å². The van der Waals surface area contributed by atoms with Crippen LogP contribution in [-0.4, -0.2) is 29.4 Å². The van der Waals surface area contributed by atoms with E-state index in [0.29, 0.717) is 30.3 Å². The van der Waals surface area contributed by atoms with Crippen LogP contribution in [0.4, 0.5) is 11.5 Å². The Morgan fingerprint density at radius 2 is 1.95 bits per heavy atom. The number of ether oxygens (including phenoxy) is 2. The lowest BCUT2D eigenvalue weighted by molar-refractivity contribution is 0.0527. The maximum Gasteiger partial charge on any atom is 0.343 e. The van der Waals surface area contributed by atoms with E-state index >= 15 is 0 Å². The third kappa shape index (κ3) is 3.53. The van der Waals surface area contributed by atoms with Crippen LogP contribution in [0.25, 0.3) is 0 Å². The third-order valence-electron chi connectivity index (χ3n) is 2.85. The Morgan fingerprint density at radius 3 is 2.57 bits per heavy atom. The lowest BCUT2D eigenvalue weighted by atomic mass is 10.2. The van der Waals surface area contributed by atoms with Gasteiger partial charge in [-0.15, -0.1) is 0 Å². The van der Waals surface area contributed by atoms with E-state index in [1.54, 1.807) is 13.8 Å². The van der Waals surface area contributed by atoms with Gasteiger partial charge in [0.25, 0.3) is 0 Å². The molecule has 0 aliphatic heterocycles. The second-order valence-corrected chi connectivity index (χ2v) is 4.38. The maximum atomic E-state index is 11.9. The second kappa shape index (κ2) is 6.78. The van der Waals surface area contributed by atoms with Gasteiger partial charge in [-0.2, -0.15) is 5.10 Å². The average Bonchev–Trinajstić information content (AvgIpc) is 2.82. The van der Waals surface area contributed by atoms with E-state index in [-0.39, 0.29) is 0 Å². The molecule has 6 nitrogen and oxygen atoms in total. The number of H-pyrrole nitrogens is 1. The van der Waals surface area contributed by atoms with Gasteiger partial charge in [-0.1, -0.05) is 0 Å². The van der Waals surface area contributed by atoms with E-state index in [1.807, 2.05) is 31.2 Å². The summed E-state index contributed by atoms with van der Waals surface area (Å²) in [5.74, 6) is 0.860. The van der Waals surface area contributed by atoms with E-state index in [1.165, 1.54) is 0 Å². The summed E-state index contributed by atoms with van der Waals surface area (Å²) >= 11 is 0. The van der Waals surface area contributed by atoms with Crippen molar-refractivity contribution >= 4 is 17.5 Å². The molecule has 112 valence electrons. The molecule has 1 aromatic carbocycles. The topological polar surface area (TPSA) is 76.2 Å². The van der Waals surface area contributed by atoms with Gasteiger partial charge < -0.3 is 14.8 Å². The van der Waals surface area contributed by atoms with Crippen LogP contribution in [0, 0.1) is 6.92 Å². The number of nitrogens with zero attached hydrogens (tertiary/aromatic N) is 1. The molecular formula is C15H19N3O3. The predicted octanol–water partition coefficient (Wildman–Crippen LogP) is 3.04. The monoisotopic (exact) mass is 289 g/mol. The molecule has 0 fully saturated rings. The van der Waals surface area contributed by atoms with Crippen LogP contribution in [-0.2, 0) is 4.74 Å². The van der Waals surface area contributed by atoms with E-state index in [4.69, 9.17) is 9.47 Å². The third-order valence-corrected chi connectivity index (χ3v) is 2.85. The molecule has 0 bridgehead atoms. The Hall–Kier alpha value is -2.50. The van der Waals surface area contributed by atoms with Crippen molar-refractivity contribution in [3.63, 3.8) is 0 Å². The number of esters is 1. The number of benzene rings is 1. The Labute approximate surface area is 123 Å². The summed E-state index contributed by atoms with van der Waals surface area (Å²) in [7, 11) is 0. The Kier molecular flexibility index (Phi) is 4.81. The van der Waals surface area contributed by atoms with Crippen molar-refractivity contribution in [3.8, 4) is 5.75 Å². The van der Waals surface area contributed by atoms with Crippen molar-refractivity contribution in [1.82, 2.24) is 10.2 Å². The van der Waals surface area contributed by atoms with Crippen LogP contribution in [0.5, 0.6) is 5.75 Å². The first kappa shape index (κ1) is 14.9. The fourth-order valence-electron chi connectivity index (χ4n) is 1.91. The molecule has 0 spiro atoms. The largest absolute Gasteiger partial charge is 0.494 e. The molecule has 0 saturated heterocycles. The summed E-state index contributed by atoms with van der Waals surface area (Å²) in [6.07, 6.45) is 0. The van der Waals surface area contributed by atoms with Crippen molar-refractivity contribution in [2.24, 2.45) is 0 Å². The summed E-state index contributed by atoms with van der Waals surface area (Å²) in [5, 5.41) is 10.00. The number of hydrogen-bond acceptors (Lipinski definition) is 5. The van der Waals surface area contributed by atoms with Crippen molar-refractivity contribution in [2.75, 3.05) is 18.5 Å². The maximum absolute atomic E-state index is 11.9. The minimum atomic E-state index is -0.391. The van der Waals surface area contributed by atoms with Gasteiger partial charge in [-0.25, -0.2) is 4.79 Å². The van der Waals surface area contributed by atoms with Gasteiger partial charge >= 0.3 is 5.97 Å². The fourth-order valence-corrected chi connectivity index (χ4v) is 1.91. The highest BCUT2D eigenvalue weighted by atomic mass is 16.5. The molecule has 1 heterocycles. The molecule has 2 N–H and O–H groups in total. The Balaban J connectivity index is 2.17. The zero-order valence-electron chi connectivity index (χ0n) is 12.4. The molecule has 2 rings (SSSR count). The first-order valence-corrected chi connectivity index (χ1v) is 6.87. The van der Waals surface area contributed by atoms with Crippen molar-refractivity contribution in [3.05, 3.63) is 35.5 Å². The van der Waals surface area contributed by atoms with Gasteiger partial charge in [-0.05, 0) is 45.0 Å². The number of carbonyl (C=O) groups excluding carboxylic acids is 1. The van der Waals surface area contributed by atoms with Gasteiger partial charge in [0.05, 0.1) is 13.2 Å². The van der Waals surface area contributed by atoms with Crippen LogP contribution in [0.1, 0.15) is 29.9 Å². The summed E-state index contributed by atoms with van der Waals surface area (Å²) in [6.45, 7) is 6.43. The molecule has 1 aromatic heterocycles. The molecule has 0 amide bonds. The number of aryl methyl sites for hydroxylation is 1. The highest BCUT2D eigenvalue weighted by molar-refractivity contribution is 5.96. The highest BCUT2D eigenvalue weighted by Gasteiger charge is 2.19. The molecule has 2 aromatic rings. The van der Waals surface area contributed by atoms with Crippen molar-refractivity contribution in [2.45, 2.75) is 20.8 Å². The Bertz CT molecular complexity index is 605. The predicted molar refractivity (Wildman–Crippen MR) is 80.2 cm³/mol. The fraction of sp³-hybridized carbons (Fsp3) is 0.333. The number of hydrogen-bond donors (Lipinski definition) is 2. The zero-order chi connectivity index (χ0) is 15.2. The standard InChI is InChI=1S/C15H19N3O3/c1-4-20-12-8-6-11(7-9-12)16-14-13(10(3)17-18-14)15(19)21-5-2/h6-9H,4-5H2,1-3H3,(H2,16,17,18). The highest BCUT2D eigenvalue weighted by Crippen LogP contribution is 2.23. The van der Waals surface area contributed by atoms with Gasteiger partial charge in [-0.3, -0.25) is 5.10 Å². The zero-order valence-corrected chi connectivity index (χ0v) is 12.4. The lowest BCUT2D eigenvalue weighted by Crippen LogP contribution is -2.08. The molecule has 0 unspecified atom stereocenters. The van der Waals surface area contributed by atoms with Gasteiger partial charge in [0.2, 0.25) is 0 Å². The van der Waals surface area contributed by atoms with Gasteiger partial charge in [0, 0.05) is 11.4 Å². The summed E-state index contributed by atoms with van der Waals surface area (Å²) in [5.41, 5.74) is 1.91. The quantitative estimate of drug-likeness (QED) is 0.799. The molecule has 0 atom stereocenters. The van der Waals surface area contributed by atoms with Crippen LogP contribution in [0.2, 0.25) is 0 Å². The summed E-state index contributed by atoms with van der Waals surface area (Å²) < 4.78 is 10.4. The molecular weight excluding hydrogens is 270 g/mol. The van der Waals surface area contributed by atoms with Gasteiger partial charge in [0.15, 0.2) is 5.82 Å². The second-order valence-electron chi connectivity index (χ2n) is 4.38. The lowest BCUT2D eigenvalue weighted by Gasteiger charge is -2.08. The number of aromatic amines is 1. The number of rotatable bonds is 6. The van der Waals surface area contributed by atoms with Crippen molar-refractivity contribution in [1.29, 1.82) is 0 Å². The SMILES string of the molecule is CCOC(=O)c1c(Nc2ccc(OCC)cc2)n[nH]c1C. The van der Waals surface area contributed by atoms with E-state index in [0.717, 1.165) is 11.4 Å². The minimum absolute atomic E-state index is 0.325. The number of anilines is 2. The van der Waals surface area contributed by atoms with Crippen molar-refractivity contribution < 1.29 is 14.3 Å². The van der Waals surface area contributed by atoms with Crippen LogP contribution in [0.3, 0.4) is 0 Å². The van der Waals surface area contributed by atoms with Gasteiger partial charge in [0.1, 0.15) is 11.3 Å². The normalized spacial score (nSPS) is 10.2. The molecule has 21 heavy (non-hydrogen) atoms. The molecule has 0 aliphatic carbocycles. The van der Waals surface area contributed by atoms with Crippen LogP contribution in [0.15, 0.2) is 24.3 Å². The number of aromatic nitrogens is 2. The first-order chi connectivity index (χ1) is 10.2. The minimum Gasteiger partial charge on any atom is -0.494 e. The smallest absolute Gasteiger partial charge is 0.343 e. The number of nitrogens with one attached hydrogen (secondary N) is 2. The van der Waals surface area contributed by atoms with Crippen LogP contribution >= 0.6 is 0 Å². The first-order valence-electron chi connectivity index (χ1n) is 6.87. The summed E-state index contributed by atoms with van der Waals surface area (Å²) in [4.78, 5) is 11.9. The summed E-state index contributed by atoms with van der Waals surface area (Å²) in [6, 6.07) is 7.44. The van der Waals surface area contributed by atoms with E-state index in [9.17, 15) is 4.79 Å². The Morgan fingerprint density at radius 1 is 1.24 bits per heavy atom. The average molecular weight is 289 g/mol.